The molecule has 1 aromatic heterocycles. The molecule has 0 saturated heterocycles. The van der Waals surface area contributed by atoms with Gasteiger partial charge in [-0.15, -0.1) is 0 Å². The van der Waals surface area contributed by atoms with Gasteiger partial charge in [0.2, 0.25) is 5.95 Å². The summed E-state index contributed by atoms with van der Waals surface area (Å²) in [6.07, 6.45) is 2.83. The van der Waals surface area contributed by atoms with Crippen molar-refractivity contribution in [3.63, 3.8) is 0 Å². The Kier molecular flexibility index (Phi) is 4.72. The zero-order valence-corrected chi connectivity index (χ0v) is 11.4. The first-order chi connectivity index (χ1) is 9.33. The van der Waals surface area contributed by atoms with Gasteiger partial charge in [-0.05, 0) is 43.7 Å². The maximum absolute atomic E-state index is 5.43. The first kappa shape index (κ1) is 13.3. The van der Waals surface area contributed by atoms with Gasteiger partial charge >= 0.3 is 0 Å². The fourth-order valence-electron chi connectivity index (χ4n) is 1.73. The Morgan fingerprint density at radius 3 is 2.58 bits per heavy atom. The smallest absolute Gasteiger partial charge is 0.223 e. The van der Waals surface area contributed by atoms with Crippen LogP contribution in [-0.2, 0) is 0 Å². The molecule has 1 heterocycles. The molecule has 2 aromatic rings. The van der Waals surface area contributed by atoms with Crippen molar-refractivity contribution in [3.05, 3.63) is 36.5 Å². The van der Waals surface area contributed by atoms with E-state index in [4.69, 9.17) is 4.74 Å². The molecule has 0 amide bonds. The lowest BCUT2D eigenvalue weighted by Crippen LogP contribution is -2.04. The van der Waals surface area contributed by atoms with E-state index in [1.54, 1.807) is 6.20 Å². The lowest BCUT2D eigenvalue weighted by atomic mass is 10.1. The monoisotopic (exact) mass is 257 g/mol. The lowest BCUT2D eigenvalue weighted by Gasteiger charge is -2.07. The SMILES string of the molecule is CCCNc1nccc(-c2ccc(OCC)cc2)n1. The quantitative estimate of drug-likeness (QED) is 0.862. The zero-order chi connectivity index (χ0) is 13.5. The summed E-state index contributed by atoms with van der Waals surface area (Å²) in [5.74, 6) is 1.55. The van der Waals surface area contributed by atoms with Crippen molar-refractivity contribution in [2.75, 3.05) is 18.5 Å². The third kappa shape index (κ3) is 3.68. The van der Waals surface area contributed by atoms with Crippen LogP contribution in [0.15, 0.2) is 36.5 Å². The number of hydrogen-bond acceptors (Lipinski definition) is 4. The van der Waals surface area contributed by atoms with Crippen molar-refractivity contribution in [3.8, 4) is 17.0 Å². The molecule has 100 valence electrons. The van der Waals surface area contributed by atoms with Crippen molar-refractivity contribution >= 4 is 5.95 Å². The molecule has 0 atom stereocenters. The summed E-state index contributed by atoms with van der Waals surface area (Å²) < 4.78 is 5.43. The average molecular weight is 257 g/mol. The molecule has 0 unspecified atom stereocenters. The van der Waals surface area contributed by atoms with E-state index < -0.39 is 0 Å². The molecule has 4 nitrogen and oxygen atoms in total. The van der Waals surface area contributed by atoms with Crippen LogP contribution in [0, 0.1) is 0 Å². The molecular formula is C15H19N3O. The van der Waals surface area contributed by atoms with Crippen LogP contribution in [0.25, 0.3) is 11.3 Å². The van der Waals surface area contributed by atoms with Crippen LogP contribution in [0.3, 0.4) is 0 Å². The van der Waals surface area contributed by atoms with Crippen molar-refractivity contribution < 1.29 is 4.74 Å². The minimum absolute atomic E-state index is 0.674. The Morgan fingerprint density at radius 2 is 1.89 bits per heavy atom. The van der Waals surface area contributed by atoms with Crippen LogP contribution in [0.4, 0.5) is 5.95 Å². The number of ether oxygens (including phenoxy) is 1. The molecule has 0 aliphatic carbocycles. The van der Waals surface area contributed by atoms with Gasteiger partial charge < -0.3 is 10.1 Å². The van der Waals surface area contributed by atoms with Gasteiger partial charge in [-0.2, -0.15) is 0 Å². The molecule has 0 aliphatic heterocycles. The molecule has 1 N–H and O–H groups in total. The second kappa shape index (κ2) is 6.73. The van der Waals surface area contributed by atoms with E-state index in [0.717, 1.165) is 30.0 Å². The number of nitrogens with zero attached hydrogens (tertiary/aromatic N) is 2. The van der Waals surface area contributed by atoms with Gasteiger partial charge in [-0.3, -0.25) is 0 Å². The minimum atomic E-state index is 0.674. The van der Waals surface area contributed by atoms with Gasteiger partial charge in [-0.25, -0.2) is 9.97 Å². The number of aromatic nitrogens is 2. The lowest BCUT2D eigenvalue weighted by molar-refractivity contribution is 0.340. The molecule has 1 aromatic carbocycles. The fraction of sp³-hybridized carbons (Fsp3) is 0.333. The van der Waals surface area contributed by atoms with Gasteiger partial charge in [0.1, 0.15) is 5.75 Å². The summed E-state index contributed by atoms with van der Waals surface area (Å²) in [4.78, 5) is 8.70. The van der Waals surface area contributed by atoms with Crippen LogP contribution in [0.1, 0.15) is 20.3 Å². The molecule has 0 saturated carbocycles. The minimum Gasteiger partial charge on any atom is -0.494 e. The molecule has 0 radical (unpaired) electrons. The topological polar surface area (TPSA) is 47.0 Å². The molecule has 0 spiro atoms. The van der Waals surface area contributed by atoms with Gasteiger partial charge in [0.25, 0.3) is 0 Å². The predicted molar refractivity (Wildman–Crippen MR) is 77.4 cm³/mol. The summed E-state index contributed by atoms with van der Waals surface area (Å²) in [6, 6.07) is 9.85. The average Bonchev–Trinajstić information content (AvgIpc) is 2.46. The summed E-state index contributed by atoms with van der Waals surface area (Å²) >= 11 is 0. The normalized spacial score (nSPS) is 10.2. The van der Waals surface area contributed by atoms with Gasteiger partial charge in [-0.1, -0.05) is 6.92 Å². The molecule has 2 rings (SSSR count). The summed E-state index contributed by atoms with van der Waals surface area (Å²) in [6.45, 7) is 5.65. The second-order valence-corrected chi connectivity index (χ2v) is 4.15. The third-order valence-corrected chi connectivity index (χ3v) is 2.65. The van der Waals surface area contributed by atoms with Crippen LogP contribution in [-0.4, -0.2) is 23.1 Å². The van der Waals surface area contributed by atoms with Crippen LogP contribution in [0.5, 0.6) is 5.75 Å². The van der Waals surface area contributed by atoms with E-state index in [2.05, 4.69) is 22.2 Å². The van der Waals surface area contributed by atoms with Crippen molar-refractivity contribution in [1.29, 1.82) is 0 Å². The van der Waals surface area contributed by atoms with E-state index >= 15 is 0 Å². The molecule has 0 bridgehead atoms. The molecule has 0 fully saturated rings. The second-order valence-electron chi connectivity index (χ2n) is 4.15. The van der Waals surface area contributed by atoms with E-state index in [9.17, 15) is 0 Å². The summed E-state index contributed by atoms with van der Waals surface area (Å²) in [5, 5.41) is 3.19. The largest absolute Gasteiger partial charge is 0.494 e. The summed E-state index contributed by atoms with van der Waals surface area (Å²) in [5.41, 5.74) is 1.97. The number of nitrogens with one attached hydrogen (secondary N) is 1. The predicted octanol–water partition coefficient (Wildman–Crippen LogP) is 3.36. The first-order valence-corrected chi connectivity index (χ1v) is 6.63. The van der Waals surface area contributed by atoms with Crippen LogP contribution < -0.4 is 10.1 Å². The zero-order valence-electron chi connectivity index (χ0n) is 11.4. The maximum Gasteiger partial charge on any atom is 0.223 e. The Morgan fingerprint density at radius 1 is 1.11 bits per heavy atom. The van der Waals surface area contributed by atoms with Crippen molar-refractivity contribution in [2.45, 2.75) is 20.3 Å². The van der Waals surface area contributed by atoms with Crippen molar-refractivity contribution in [1.82, 2.24) is 9.97 Å². The van der Waals surface area contributed by atoms with Crippen LogP contribution >= 0.6 is 0 Å². The Balaban J connectivity index is 2.16. The Hall–Kier alpha value is -2.10. The van der Waals surface area contributed by atoms with Crippen molar-refractivity contribution in [2.24, 2.45) is 0 Å². The number of benzene rings is 1. The number of anilines is 1. The van der Waals surface area contributed by atoms with Crippen LogP contribution in [0.2, 0.25) is 0 Å². The van der Waals surface area contributed by atoms with Gasteiger partial charge in [0.05, 0.1) is 12.3 Å². The van der Waals surface area contributed by atoms with Gasteiger partial charge in [0, 0.05) is 18.3 Å². The first-order valence-electron chi connectivity index (χ1n) is 6.63. The highest BCUT2D eigenvalue weighted by Gasteiger charge is 2.02. The van der Waals surface area contributed by atoms with E-state index in [-0.39, 0.29) is 0 Å². The van der Waals surface area contributed by atoms with E-state index in [1.807, 2.05) is 37.3 Å². The summed E-state index contributed by atoms with van der Waals surface area (Å²) in [7, 11) is 0. The van der Waals surface area contributed by atoms with E-state index in [1.165, 1.54) is 0 Å². The highest BCUT2D eigenvalue weighted by atomic mass is 16.5. The fourth-order valence-corrected chi connectivity index (χ4v) is 1.73. The third-order valence-electron chi connectivity index (χ3n) is 2.65. The number of rotatable bonds is 6. The standard InChI is InChI=1S/C15H19N3O/c1-3-10-16-15-17-11-9-14(18-15)12-5-7-13(8-6-12)19-4-2/h5-9,11H,3-4,10H2,1-2H3,(H,16,17,18). The molecular weight excluding hydrogens is 238 g/mol. The van der Waals surface area contributed by atoms with Gasteiger partial charge in [0.15, 0.2) is 0 Å². The Bertz CT molecular complexity index is 511. The highest BCUT2D eigenvalue weighted by Crippen LogP contribution is 2.21. The van der Waals surface area contributed by atoms with E-state index in [0.29, 0.717) is 12.6 Å². The Labute approximate surface area is 113 Å². The maximum atomic E-state index is 5.43. The molecule has 0 aliphatic rings. The highest BCUT2D eigenvalue weighted by molar-refractivity contribution is 5.60. The molecule has 19 heavy (non-hydrogen) atoms. The molecule has 4 heteroatoms. The number of hydrogen-bond donors (Lipinski definition) is 1.